The molecule has 0 bridgehead atoms. The summed E-state index contributed by atoms with van der Waals surface area (Å²) < 4.78 is 17.8. The Kier molecular flexibility index (Phi) is 5.58. The molecule has 1 amide bonds. The number of ether oxygens (including phenoxy) is 1. The fourth-order valence-corrected chi connectivity index (χ4v) is 2.84. The van der Waals surface area contributed by atoms with Crippen LogP contribution in [0, 0.1) is 5.82 Å². The van der Waals surface area contributed by atoms with Crippen molar-refractivity contribution in [2.24, 2.45) is 0 Å². The molecule has 1 atom stereocenters. The van der Waals surface area contributed by atoms with Crippen molar-refractivity contribution in [2.45, 2.75) is 11.9 Å². The molecular weight excluding hydrogens is 297 g/mol. The number of aliphatic carboxylic acids is 1. The topological polar surface area (TPSA) is 66.8 Å². The zero-order valence-electron chi connectivity index (χ0n) is 11.3. The highest BCUT2D eigenvalue weighted by molar-refractivity contribution is 7.99. The van der Waals surface area contributed by atoms with E-state index in [1.165, 1.54) is 28.8 Å². The van der Waals surface area contributed by atoms with Gasteiger partial charge in [0, 0.05) is 12.3 Å². The van der Waals surface area contributed by atoms with Gasteiger partial charge < -0.3 is 14.7 Å². The largest absolute Gasteiger partial charge is 0.479 e. The van der Waals surface area contributed by atoms with Crippen molar-refractivity contribution in [1.82, 2.24) is 4.90 Å². The molecule has 1 N–H and O–H groups in total. The minimum Gasteiger partial charge on any atom is -0.479 e. The number of carboxylic acid groups (broad SMARTS) is 1. The van der Waals surface area contributed by atoms with Crippen molar-refractivity contribution >= 4 is 23.6 Å². The van der Waals surface area contributed by atoms with Gasteiger partial charge in [-0.25, -0.2) is 9.18 Å². The predicted molar refractivity (Wildman–Crippen MR) is 76.5 cm³/mol. The molecule has 0 saturated carbocycles. The Morgan fingerprint density at radius 1 is 1.38 bits per heavy atom. The van der Waals surface area contributed by atoms with Crippen LogP contribution in [0.1, 0.15) is 5.56 Å². The highest BCUT2D eigenvalue weighted by atomic mass is 32.2. The number of halogens is 1. The third-order valence-corrected chi connectivity index (χ3v) is 4.09. The molecule has 0 aromatic heterocycles. The van der Waals surface area contributed by atoms with Crippen molar-refractivity contribution in [3.8, 4) is 0 Å². The quantitative estimate of drug-likeness (QED) is 0.889. The van der Waals surface area contributed by atoms with Crippen LogP contribution in [0.3, 0.4) is 0 Å². The zero-order chi connectivity index (χ0) is 15.2. The lowest BCUT2D eigenvalue weighted by Gasteiger charge is -2.30. The monoisotopic (exact) mass is 313 g/mol. The van der Waals surface area contributed by atoms with Crippen molar-refractivity contribution in [3.05, 3.63) is 35.6 Å². The summed E-state index contributed by atoms with van der Waals surface area (Å²) in [6.45, 7) is 0.746. The highest BCUT2D eigenvalue weighted by Crippen LogP contribution is 2.14. The van der Waals surface area contributed by atoms with Crippen LogP contribution in [0.2, 0.25) is 0 Å². The van der Waals surface area contributed by atoms with Crippen molar-refractivity contribution in [3.63, 3.8) is 0 Å². The number of nitrogens with zero attached hydrogens (tertiary/aromatic N) is 1. The number of carboxylic acids is 1. The van der Waals surface area contributed by atoms with Crippen LogP contribution in [0.5, 0.6) is 0 Å². The average Bonchev–Trinajstić information content (AvgIpc) is 2.49. The Morgan fingerprint density at radius 2 is 2.10 bits per heavy atom. The van der Waals surface area contributed by atoms with Gasteiger partial charge in [-0.2, -0.15) is 0 Å². The van der Waals surface area contributed by atoms with Gasteiger partial charge in [0.2, 0.25) is 5.91 Å². The maximum Gasteiger partial charge on any atom is 0.334 e. The van der Waals surface area contributed by atoms with Gasteiger partial charge in [-0.15, -0.1) is 11.8 Å². The second kappa shape index (κ2) is 7.42. The smallest absolute Gasteiger partial charge is 0.334 e. The first-order valence-corrected chi connectivity index (χ1v) is 7.66. The second-order valence-electron chi connectivity index (χ2n) is 4.66. The van der Waals surface area contributed by atoms with E-state index in [1.54, 1.807) is 12.1 Å². The Hall–Kier alpha value is -1.60. The van der Waals surface area contributed by atoms with Crippen LogP contribution >= 0.6 is 11.8 Å². The molecule has 1 aromatic carbocycles. The number of carbonyl (C=O) groups excluding carboxylic acids is 1. The lowest BCUT2D eigenvalue weighted by molar-refractivity contribution is -0.158. The standard InChI is InChI=1S/C14H16FNO4S/c15-11-3-1-10(2-4-11)8-21-9-13(17)16-5-6-20-12(7-16)14(18)19/h1-4,12H,5-9H2,(H,18,19). The summed E-state index contributed by atoms with van der Waals surface area (Å²) >= 11 is 1.42. The van der Waals surface area contributed by atoms with E-state index in [0.29, 0.717) is 12.3 Å². The molecule has 1 fully saturated rings. The minimum absolute atomic E-state index is 0.0886. The summed E-state index contributed by atoms with van der Waals surface area (Å²) in [5.74, 6) is -0.557. The number of hydrogen-bond acceptors (Lipinski definition) is 4. The number of benzene rings is 1. The number of hydrogen-bond donors (Lipinski definition) is 1. The summed E-state index contributed by atoms with van der Waals surface area (Å²) in [5.41, 5.74) is 0.944. The molecule has 1 aromatic rings. The third kappa shape index (κ3) is 4.71. The van der Waals surface area contributed by atoms with Crippen molar-refractivity contribution in [2.75, 3.05) is 25.4 Å². The second-order valence-corrected chi connectivity index (χ2v) is 5.64. The van der Waals surface area contributed by atoms with E-state index in [9.17, 15) is 14.0 Å². The van der Waals surface area contributed by atoms with Gasteiger partial charge in [0.15, 0.2) is 6.10 Å². The van der Waals surface area contributed by atoms with Crippen LogP contribution in [0.15, 0.2) is 24.3 Å². The predicted octanol–water partition coefficient (Wildman–Crippen LogP) is 1.37. The van der Waals surface area contributed by atoms with Gasteiger partial charge >= 0.3 is 5.97 Å². The number of morpholine rings is 1. The molecule has 1 aliphatic rings. The molecule has 1 saturated heterocycles. The molecule has 21 heavy (non-hydrogen) atoms. The van der Waals surface area contributed by atoms with E-state index in [2.05, 4.69) is 0 Å². The van der Waals surface area contributed by atoms with Crippen LogP contribution in [0.4, 0.5) is 4.39 Å². The summed E-state index contributed by atoms with van der Waals surface area (Å²) in [5, 5.41) is 8.89. The van der Waals surface area contributed by atoms with Crippen molar-refractivity contribution in [1.29, 1.82) is 0 Å². The first kappa shape index (κ1) is 15.8. The van der Waals surface area contributed by atoms with Gasteiger partial charge in [0.05, 0.1) is 18.9 Å². The van der Waals surface area contributed by atoms with E-state index in [1.807, 2.05) is 0 Å². The Labute approximate surface area is 126 Å². The molecule has 0 radical (unpaired) electrons. The van der Waals surface area contributed by atoms with Gasteiger partial charge in [0.25, 0.3) is 0 Å². The molecule has 0 spiro atoms. The van der Waals surface area contributed by atoms with Crippen LogP contribution < -0.4 is 0 Å². The molecular formula is C14H16FNO4S. The highest BCUT2D eigenvalue weighted by Gasteiger charge is 2.28. The Bertz CT molecular complexity index is 508. The molecule has 1 aliphatic heterocycles. The molecule has 5 nitrogen and oxygen atoms in total. The van der Waals surface area contributed by atoms with Gasteiger partial charge in [0.1, 0.15) is 5.82 Å². The van der Waals surface area contributed by atoms with Crippen LogP contribution in [0.25, 0.3) is 0 Å². The summed E-state index contributed by atoms with van der Waals surface area (Å²) in [4.78, 5) is 24.4. The fourth-order valence-electron chi connectivity index (χ4n) is 1.95. The Balaban J connectivity index is 1.76. The molecule has 0 aliphatic carbocycles. The molecule has 2 rings (SSSR count). The van der Waals surface area contributed by atoms with Gasteiger partial charge in [-0.1, -0.05) is 12.1 Å². The first-order valence-electron chi connectivity index (χ1n) is 6.50. The Morgan fingerprint density at radius 3 is 2.76 bits per heavy atom. The maximum atomic E-state index is 12.8. The number of thioether (sulfide) groups is 1. The summed E-state index contributed by atoms with van der Waals surface area (Å²) in [6.07, 6.45) is -0.940. The van der Waals surface area contributed by atoms with Crippen LogP contribution in [-0.2, 0) is 20.1 Å². The van der Waals surface area contributed by atoms with Crippen LogP contribution in [-0.4, -0.2) is 53.4 Å². The third-order valence-electron chi connectivity index (χ3n) is 3.10. The average molecular weight is 313 g/mol. The molecule has 1 unspecified atom stereocenters. The molecule has 7 heteroatoms. The van der Waals surface area contributed by atoms with E-state index >= 15 is 0 Å². The summed E-state index contributed by atoms with van der Waals surface area (Å²) in [7, 11) is 0. The van der Waals surface area contributed by atoms with Gasteiger partial charge in [-0.05, 0) is 17.7 Å². The molecule has 114 valence electrons. The molecule has 1 heterocycles. The van der Waals surface area contributed by atoms with E-state index in [-0.39, 0.29) is 30.6 Å². The summed E-state index contributed by atoms with van der Waals surface area (Å²) in [6, 6.07) is 6.14. The fraction of sp³-hybridized carbons (Fsp3) is 0.429. The first-order chi connectivity index (χ1) is 10.1. The zero-order valence-corrected chi connectivity index (χ0v) is 12.1. The normalized spacial score (nSPS) is 18.5. The maximum absolute atomic E-state index is 12.8. The number of amides is 1. The SMILES string of the molecule is O=C(O)C1CN(C(=O)CSCc2ccc(F)cc2)CCO1. The van der Waals surface area contributed by atoms with Gasteiger partial charge in [-0.3, -0.25) is 4.79 Å². The van der Waals surface area contributed by atoms with E-state index in [4.69, 9.17) is 9.84 Å². The lowest BCUT2D eigenvalue weighted by Crippen LogP contribution is -2.49. The minimum atomic E-state index is -1.05. The van der Waals surface area contributed by atoms with E-state index in [0.717, 1.165) is 5.56 Å². The lowest BCUT2D eigenvalue weighted by atomic mass is 10.2. The van der Waals surface area contributed by atoms with E-state index < -0.39 is 12.1 Å². The van der Waals surface area contributed by atoms with Crippen molar-refractivity contribution < 1.29 is 23.8 Å². The number of carbonyl (C=O) groups is 2. The number of rotatable bonds is 5.